The number of methoxy groups -OCH3 is 1. The van der Waals surface area contributed by atoms with Gasteiger partial charge < -0.3 is 14.5 Å². The van der Waals surface area contributed by atoms with Gasteiger partial charge in [-0.1, -0.05) is 12.1 Å². The average molecular weight is 246 g/mol. The van der Waals surface area contributed by atoms with Crippen molar-refractivity contribution in [1.29, 1.82) is 0 Å². The Morgan fingerprint density at radius 2 is 2.28 bits per heavy atom. The van der Waals surface area contributed by atoms with Crippen molar-refractivity contribution in [3.8, 4) is 17.1 Å². The molecule has 0 radical (unpaired) electrons. The molecule has 0 bridgehead atoms. The van der Waals surface area contributed by atoms with E-state index in [2.05, 4.69) is 10.3 Å². The topological polar surface area (TPSA) is 47.3 Å². The highest BCUT2D eigenvalue weighted by atomic mass is 16.5. The number of benzene rings is 1. The van der Waals surface area contributed by atoms with Gasteiger partial charge in [0.05, 0.1) is 13.3 Å². The quantitative estimate of drug-likeness (QED) is 0.795. The van der Waals surface area contributed by atoms with E-state index >= 15 is 0 Å². The molecule has 0 atom stereocenters. The second-order valence-electron chi connectivity index (χ2n) is 4.06. The number of rotatable bonds is 6. The van der Waals surface area contributed by atoms with Gasteiger partial charge in [0.2, 0.25) is 0 Å². The molecule has 4 heteroatoms. The van der Waals surface area contributed by atoms with Crippen molar-refractivity contribution in [2.45, 2.75) is 12.8 Å². The van der Waals surface area contributed by atoms with E-state index in [1.54, 1.807) is 13.3 Å². The first-order valence-corrected chi connectivity index (χ1v) is 6.07. The predicted molar refractivity (Wildman–Crippen MR) is 70.7 cm³/mol. The minimum Gasteiger partial charge on any atom is -0.497 e. The van der Waals surface area contributed by atoms with Crippen LogP contribution in [-0.2, 0) is 6.42 Å². The molecule has 0 saturated carbocycles. The third-order valence-electron chi connectivity index (χ3n) is 2.73. The number of nitrogens with zero attached hydrogens (tertiary/aromatic N) is 1. The first kappa shape index (κ1) is 12.6. The minimum atomic E-state index is 0.781. The number of aromatic nitrogens is 1. The monoisotopic (exact) mass is 246 g/mol. The molecule has 1 aromatic carbocycles. The molecule has 0 aliphatic carbocycles. The Morgan fingerprint density at radius 3 is 3.06 bits per heavy atom. The Balaban J connectivity index is 2.08. The number of hydrogen-bond donors (Lipinski definition) is 1. The fourth-order valence-electron chi connectivity index (χ4n) is 1.75. The van der Waals surface area contributed by atoms with Crippen LogP contribution in [0.25, 0.3) is 11.3 Å². The number of oxazole rings is 1. The summed E-state index contributed by atoms with van der Waals surface area (Å²) in [4.78, 5) is 4.28. The van der Waals surface area contributed by atoms with E-state index in [0.717, 1.165) is 42.4 Å². The van der Waals surface area contributed by atoms with Crippen LogP contribution in [0.15, 0.2) is 34.9 Å². The Bertz CT molecular complexity index is 494. The second-order valence-corrected chi connectivity index (χ2v) is 4.06. The van der Waals surface area contributed by atoms with Crippen molar-refractivity contribution in [2.24, 2.45) is 0 Å². The third kappa shape index (κ3) is 3.11. The second kappa shape index (κ2) is 6.21. The zero-order valence-corrected chi connectivity index (χ0v) is 10.8. The summed E-state index contributed by atoms with van der Waals surface area (Å²) in [6.45, 7) is 0.969. The Morgan fingerprint density at radius 1 is 1.39 bits per heavy atom. The van der Waals surface area contributed by atoms with E-state index in [0.29, 0.717) is 0 Å². The van der Waals surface area contributed by atoms with Crippen LogP contribution in [0.1, 0.15) is 12.3 Å². The van der Waals surface area contributed by atoms with Crippen LogP contribution in [0, 0.1) is 0 Å². The fourth-order valence-corrected chi connectivity index (χ4v) is 1.75. The maximum absolute atomic E-state index is 5.72. The molecule has 0 saturated heterocycles. The highest BCUT2D eigenvalue weighted by Crippen LogP contribution is 2.24. The molecule has 1 heterocycles. The van der Waals surface area contributed by atoms with Crippen molar-refractivity contribution in [3.05, 3.63) is 36.4 Å². The molecule has 18 heavy (non-hydrogen) atoms. The van der Waals surface area contributed by atoms with Crippen LogP contribution in [0.3, 0.4) is 0 Å². The van der Waals surface area contributed by atoms with Gasteiger partial charge in [-0.25, -0.2) is 4.98 Å². The lowest BCUT2D eigenvalue weighted by molar-refractivity contribution is 0.414. The zero-order chi connectivity index (χ0) is 12.8. The Labute approximate surface area is 107 Å². The fraction of sp³-hybridized carbons (Fsp3) is 0.357. The van der Waals surface area contributed by atoms with E-state index in [-0.39, 0.29) is 0 Å². The minimum absolute atomic E-state index is 0.781. The van der Waals surface area contributed by atoms with E-state index in [1.807, 2.05) is 31.3 Å². The maximum Gasteiger partial charge on any atom is 0.194 e. The van der Waals surface area contributed by atoms with Crippen LogP contribution in [0.2, 0.25) is 0 Å². The van der Waals surface area contributed by atoms with Gasteiger partial charge in [-0.05, 0) is 32.1 Å². The third-order valence-corrected chi connectivity index (χ3v) is 2.73. The van der Waals surface area contributed by atoms with Crippen LogP contribution >= 0.6 is 0 Å². The van der Waals surface area contributed by atoms with Crippen LogP contribution in [-0.4, -0.2) is 25.7 Å². The lowest BCUT2D eigenvalue weighted by Gasteiger charge is -2.01. The van der Waals surface area contributed by atoms with Crippen LogP contribution < -0.4 is 10.1 Å². The van der Waals surface area contributed by atoms with Gasteiger partial charge in [0, 0.05) is 12.0 Å². The Kier molecular flexibility index (Phi) is 4.36. The smallest absolute Gasteiger partial charge is 0.194 e. The predicted octanol–water partition coefficient (Wildman–Crippen LogP) is 2.50. The Hall–Kier alpha value is -1.81. The average Bonchev–Trinajstić information content (AvgIpc) is 2.88. The number of ether oxygens (including phenoxy) is 1. The number of hydrogen-bond acceptors (Lipinski definition) is 4. The molecular weight excluding hydrogens is 228 g/mol. The molecule has 0 aliphatic heterocycles. The van der Waals surface area contributed by atoms with Crippen molar-refractivity contribution in [1.82, 2.24) is 10.3 Å². The maximum atomic E-state index is 5.72. The molecule has 2 aromatic rings. The van der Waals surface area contributed by atoms with E-state index in [1.165, 1.54) is 0 Å². The molecule has 0 fully saturated rings. The van der Waals surface area contributed by atoms with Gasteiger partial charge in [0.15, 0.2) is 11.7 Å². The van der Waals surface area contributed by atoms with Crippen molar-refractivity contribution >= 4 is 0 Å². The van der Waals surface area contributed by atoms with Gasteiger partial charge in [0.25, 0.3) is 0 Å². The standard InChI is InChI=1S/C14H18N2O2/c1-15-8-4-7-14-16-10-13(18-14)11-5-3-6-12(9-11)17-2/h3,5-6,9-10,15H,4,7-8H2,1-2H3. The lowest BCUT2D eigenvalue weighted by Crippen LogP contribution is -2.08. The SMILES string of the molecule is CNCCCc1ncc(-c2cccc(OC)c2)o1. The molecule has 0 aliphatic rings. The molecule has 4 nitrogen and oxygen atoms in total. The number of aryl methyl sites for hydroxylation is 1. The summed E-state index contributed by atoms with van der Waals surface area (Å²) < 4.78 is 10.9. The van der Waals surface area contributed by atoms with E-state index in [4.69, 9.17) is 9.15 Å². The van der Waals surface area contributed by atoms with E-state index in [9.17, 15) is 0 Å². The molecule has 2 rings (SSSR count). The number of nitrogens with one attached hydrogen (secondary N) is 1. The molecule has 0 unspecified atom stereocenters. The van der Waals surface area contributed by atoms with Gasteiger partial charge in [-0.15, -0.1) is 0 Å². The van der Waals surface area contributed by atoms with Crippen LogP contribution in [0.5, 0.6) is 5.75 Å². The first-order valence-electron chi connectivity index (χ1n) is 6.07. The highest BCUT2D eigenvalue weighted by Gasteiger charge is 2.06. The largest absolute Gasteiger partial charge is 0.497 e. The summed E-state index contributed by atoms with van der Waals surface area (Å²) in [5.41, 5.74) is 0.988. The van der Waals surface area contributed by atoms with Gasteiger partial charge in [-0.2, -0.15) is 0 Å². The highest BCUT2D eigenvalue weighted by molar-refractivity contribution is 5.58. The lowest BCUT2D eigenvalue weighted by atomic mass is 10.2. The molecule has 96 valence electrons. The van der Waals surface area contributed by atoms with Crippen molar-refractivity contribution in [2.75, 3.05) is 20.7 Å². The zero-order valence-electron chi connectivity index (χ0n) is 10.8. The van der Waals surface area contributed by atoms with Crippen molar-refractivity contribution in [3.63, 3.8) is 0 Å². The van der Waals surface area contributed by atoms with Crippen LogP contribution in [0.4, 0.5) is 0 Å². The van der Waals surface area contributed by atoms with Crippen molar-refractivity contribution < 1.29 is 9.15 Å². The molecule has 0 spiro atoms. The molecule has 1 aromatic heterocycles. The summed E-state index contributed by atoms with van der Waals surface area (Å²) in [6, 6.07) is 7.78. The first-order chi connectivity index (χ1) is 8.83. The summed E-state index contributed by atoms with van der Waals surface area (Å²) in [5.74, 6) is 2.39. The summed E-state index contributed by atoms with van der Waals surface area (Å²) in [6.07, 6.45) is 3.64. The van der Waals surface area contributed by atoms with Gasteiger partial charge in [-0.3, -0.25) is 0 Å². The van der Waals surface area contributed by atoms with Gasteiger partial charge >= 0.3 is 0 Å². The summed E-state index contributed by atoms with van der Waals surface area (Å²) >= 11 is 0. The normalized spacial score (nSPS) is 10.6. The van der Waals surface area contributed by atoms with E-state index < -0.39 is 0 Å². The summed E-state index contributed by atoms with van der Waals surface area (Å²) in [5, 5.41) is 3.11. The van der Waals surface area contributed by atoms with Gasteiger partial charge in [0.1, 0.15) is 5.75 Å². The summed E-state index contributed by atoms with van der Waals surface area (Å²) in [7, 11) is 3.60. The molecule has 1 N–H and O–H groups in total. The molecular formula is C14H18N2O2. The molecule has 0 amide bonds.